The Balaban J connectivity index is 2.28. The van der Waals surface area contributed by atoms with Crippen LogP contribution in [0, 0.1) is 11.8 Å². The van der Waals surface area contributed by atoms with Gasteiger partial charge in [-0.3, -0.25) is 9.59 Å². The third-order valence-electron chi connectivity index (χ3n) is 6.93. The topological polar surface area (TPSA) is 87.1 Å². The summed E-state index contributed by atoms with van der Waals surface area (Å²) in [5.41, 5.74) is -0.734. The summed E-state index contributed by atoms with van der Waals surface area (Å²) in [6.07, 6.45) is 11.7. The first-order valence-electron chi connectivity index (χ1n) is 13.2. The Hall–Kier alpha value is -1.24. The Morgan fingerprint density at radius 1 is 1.15 bits per heavy atom. The van der Waals surface area contributed by atoms with Crippen molar-refractivity contribution in [3.63, 3.8) is 0 Å². The summed E-state index contributed by atoms with van der Waals surface area (Å²) >= 11 is 0. The van der Waals surface area contributed by atoms with E-state index in [2.05, 4.69) is 25.7 Å². The van der Waals surface area contributed by atoms with Gasteiger partial charge >= 0.3 is 5.97 Å². The van der Waals surface area contributed by atoms with E-state index < -0.39 is 11.7 Å². The SMILES string of the molecule is CCCCC(C)(O)CC=C[C@H]1C(O)CC(=O)[C@@H]1CCCCCCC(=O)OCCN(CC)CC. The lowest BCUT2D eigenvalue weighted by molar-refractivity contribution is -0.144. The average Bonchev–Trinajstić information content (AvgIpc) is 3.04. The number of hydrogen-bond donors (Lipinski definition) is 2. The van der Waals surface area contributed by atoms with Crippen LogP contribution >= 0.6 is 0 Å². The Bertz CT molecular complexity index is 585. The number of rotatable bonds is 18. The van der Waals surface area contributed by atoms with Gasteiger partial charge in [0.2, 0.25) is 0 Å². The van der Waals surface area contributed by atoms with Crippen LogP contribution in [-0.4, -0.2) is 64.8 Å². The zero-order valence-corrected chi connectivity index (χ0v) is 21.6. The number of ether oxygens (including phenoxy) is 1. The molecule has 4 atom stereocenters. The minimum Gasteiger partial charge on any atom is -0.464 e. The first-order chi connectivity index (χ1) is 15.7. The molecule has 0 heterocycles. The fourth-order valence-corrected chi connectivity index (χ4v) is 4.62. The zero-order chi connectivity index (χ0) is 24.7. The van der Waals surface area contributed by atoms with Crippen LogP contribution in [0.4, 0.5) is 0 Å². The van der Waals surface area contributed by atoms with Gasteiger partial charge in [0.1, 0.15) is 12.4 Å². The van der Waals surface area contributed by atoms with Crippen molar-refractivity contribution < 1.29 is 24.5 Å². The first-order valence-corrected chi connectivity index (χ1v) is 13.2. The number of unbranched alkanes of at least 4 members (excludes halogenated alkanes) is 4. The molecule has 1 fully saturated rings. The van der Waals surface area contributed by atoms with Crippen molar-refractivity contribution in [1.82, 2.24) is 4.90 Å². The molecule has 33 heavy (non-hydrogen) atoms. The molecule has 6 heteroatoms. The zero-order valence-electron chi connectivity index (χ0n) is 21.6. The van der Waals surface area contributed by atoms with Crippen molar-refractivity contribution in [2.24, 2.45) is 11.8 Å². The van der Waals surface area contributed by atoms with Crippen LogP contribution in [-0.2, 0) is 14.3 Å². The quantitative estimate of drug-likeness (QED) is 0.173. The molecule has 1 saturated carbocycles. The number of aliphatic hydroxyl groups excluding tert-OH is 1. The molecule has 2 N–H and O–H groups in total. The molecule has 0 aromatic carbocycles. The summed E-state index contributed by atoms with van der Waals surface area (Å²) in [7, 11) is 0. The maximum absolute atomic E-state index is 12.4. The highest BCUT2D eigenvalue weighted by Crippen LogP contribution is 2.34. The van der Waals surface area contributed by atoms with Gasteiger partial charge in [-0.25, -0.2) is 0 Å². The molecule has 0 bridgehead atoms. The van der Waals surface area contributed by atoms with E-state index in [0.29, 0.717) is 19.4 Å². The third kappa shape index (κ3) is 12.2. The van der Waals surface area contributed by atoms with E-state index in [4.69, 9.17) is 4.74 Å². The van der Waals surface area contributed by atoms with Crippen LogP contribution in [0.5, 0.6) is 0 Å². The molecule has 0 saturated heterocycles. The van der Waals surface area contributed by atoms with Crippen molar-refractivity contribution in [3.8, 4) is 0 Å². The van der Waals surface area contributed by atoms with Gasteiger partial charge in [-0.2, -0.15) is 0 Å². The van der Waals surface area contributed by atoms with Crippen LogP contribution in [0.3, 0.4) is 0 Å². The van der Waals surface area contributed by atoms with Crippen molar-refractivity contribution in [3.05, 3.63) is 12.2 Å². The lowest BCUT2D eigenvalue weighted by Crippen LogP contribution is -2.27. The summed E-state index contributed by atoms with van der Waals surface area (Å²) in [6, 6.07) is 0. The summed E-state index contributed by atoms with van der Waals surface area (Å²) in [5.74, 6) is -0.273. The van der Waals surface area contributed by atoms with Gasteiger partial charge in [0, 0.05) is 31.2 Å². The largest absolute Gasteiger partial charge is 0.464 e. The summed E-state index contributed by atoms with van der Waals surface area (Å²) in [5, 5.41) is 20.8. The minimum atomic E-state index is -0.734. The number of Topliss-reactive ketones (excluding diaryl/α,β-unsaturated/α-hetero) is 1. The van der Waals surface area contributed by atoms with Crippen LogP contribution in [0.2, 0.25) is 0 Å². The van der Waals surface area contributed by atoms with Gasteiger partial charge in [-0.05, 0) is 45.7 Å². The Morgan fingerprint density at radius 3 is 2.52 bits per heavy atom. The van der Waals surface area contributed by atoms with Crippen molar-refractivity contribution in [1.29, 1.82) is 0 Å². The number of hydrogen-bond acceptors (Lipinski definition) is 6. The van der Waals surface area contributed by atoms with Crippen LogP contribution in [0.15, 0.2) is 12.2 Å². The van der Waals surface area contributed by atoms with Gasteiger partial charge < -0.3 is 19.8 Å². The molecule has 0 aromatic rings. The molecule has 0 amide bonds. The maximum atomic E-state index is 12.4. The maximum Gasteiger partial charge on any atom is 0.305 e. The minimum absolute atomic E-state index is 0.128. The lowest BCUT2D eigenvalue weighted by atomic mass is 9.87. The second-order valence-corrected chi connectivity index (χ2v) is 9.85. The molecule has 0 spiro atoms. The molecular weight excluding hydrogens is 418 g/mol. The van der Waals surface area contributed by atoms with Gasteiger partial charge in [0.25, 0.3) is 0 Å². The molecule has 0 aromatic heterocycles. The van der Waals surface area contributed by atoms with Gasteiger partial charge in [0.15, 0.2) is 0 Å². The molecule has 1 aliphatic carbocycles. The number of aliphatic hydroxyl groups is 2. The second-order valence-electron chi connectivity index (χ2n) is 9.85. The second kappa shape index (κ2) is 16.4. The molecule has 1 rings (SSSR count). The fourth-order valence-electron chi connectivity index (χ4n) is 4.62. The Morgan fingerprint density at radius 2 is 1.85 bits per heavy atom. The van der Waals surface area contributed by atoms with Crippen LogP contribution in [0.1, 0.15) is 98.3 Å². The third-order valence-corrected chi connectivity index (χ3v) is 6.93. The van der Waals surface area contributed by atoms with E-state index in [1.807, 2.05) is 19.1 Å². The van der Waals surface area contributed by atoms with Crippen LogP contribution in [0.25, 0.3) is 0 Å². The Labute approximate surface area is 201 Å². The first kappa shape index (κ1) is 29.8. The molecule has 0 aliphatic heterocycles. The van der Waals surface area contributed by atoms with E-state index in [-0.39, 0.29) is 30.0 Å². The van der Waals surface area contributed by atoms with Gasteiger partial charge in [-0.1, -0.05) is 65.0 Å². The molecule has 6 nitrogen and oxygen atoms in total. The van der Waals surface area contributed by atoms with Gasteiger partial charge in [0.05, 0.1) is 11.7 Å². The fraction of sp³-hybridized carbons (Fsp3) is 0.852. The summed E-state index contributed by atoms with van der Waals surface area (Å²) < 4.78 is 5.31. The predicted molar refractivity (Wildman–Crippen MR) is 133 cm³/mol. The lowest BCUT2D eigenvalue weighted by Gasteiger charge is -2.22. The average molecular weight is 468 g/mol. The molecule has 1 aliphatic rings. The number of likely N-dealkylation sites (N-methyl/N-ethyl adjacent to an activating group) is 1. The van der Waals surface area contributed by atoms with E-state index in [0.717, 1.165) is 71.0 Å². The number of carbonyl (C=O) groups excluding carboxylic acids is 2. The molecule has 2 unspecified atom stereocenters. The van der Waals surface area contributed by atoms with Crippen molar-refractivity contribution in [2.75, 3.05) is 26.2 Å². The standard InChI is InChI=1S/C27H49NO5/c1-5-8-17-27(4,32)18-13-15-23-22(24(29)21-25(23)30)14-11-9-10-12-16-26(31)33-20-19-28(6-2)7-3/h13,15,22-23,25,30,32H,5-12,14,16-21H2,1-4H3/t22-,23-,25?,27?/m1/s1. The number of carbonyl (C=O) groups is 2. The monoisotopic (exact) mass is 467 g/mol. The highest BCUT2D eigenvalue weighted by molar-refractivity contribution is 5.84. The van der Waals surface area contributed by atoms with E-state index >= 15 is 0 Å². The Kier molecular flexibility index (Phi) is 14.8. The molecule has 192 valence electrons. The van der Waals surface area contributed by atoms with E-state index in [1.165, 1.54) is 0 Å². The smallest absolute Gasteiger partial charge is 0.305 e. The number of esters is 1. The van der Waals surface area contributed by atoms with E-state index in [9.17, 15) is 19.8 Å². The van der Waals surface area contributed by atoms with Crippen LogP contribution < -0.4 is 0 Å². The highest BCUT2D eigenvalue weighted by Gasteiger charge is 2.39. The molecular formula is C27H49NO5. The number of ketones is 1. The van der Waals surface area contributed by atoms with Crippen molar-refractivity contribution in [2.45, 2.75) is 110 Å². The molecule has 0 radical (unpaired) electrons. The summed E-state index contributed by atoms with van der Waals surface area (Å²) in [6.45, 7) is 11.3. The predicted octanol–water partition coefficient (Wildman–Crippen LogP) is 4.67. The van der Waals surface area contributed by atoms with E-state index in [1.54, 1.807) is 0 Å². The summed E-state index contributed by atoms with van der Waals surface area (Å²) in [4.78, 5) is 26.5. The van der Waals surface area contributed by atoms with Crippen molar-refractivity contribution >= 4 is 11.8 Å². The number of nitrogens with zero attached hydrogens (tertiary/aromatic N) is 1. The normalized spacial score (nSPS) is 22.9. The van der Waals surface area contributed by atoms with Gasteiger partial charge in [-0.15, -0.1) is 0 Å². The highest BCUT2D eigenvalue weighted by atomic mass is 16.5.